The van der Waals surface area contributed by atoms with Crippen molar-refractivity contribution in [1.29, 1.82) is 0 Å². The molecular weight excluding hydrogens is 214 g/mol. The average molecular weight is 239 g/mol. The first-order chi connectivity index (χ1) is 8.15. The van der Waals surface area contributed by atoms with Crippen molar-refractivity contribution in [3.05, 3.63) is 0 Å². The van der Waals surface area contributed by atoms with Crippen molar-refractivity contribution in [3.63, 3.8) is 0 Å². The van der Waals surface area contributed by atoms with Crippen molar-refractivity contribution in [2.24, 2.45) is 17.6 Å². The topological polar surface area (TPSA) is 58.4 Å². The summed E-state index contributed by atoms with van der Waals surface area (Å²) < 4.78 is 0. The molecule has 2 amide bonds. The summed E-state index contributed by atoms with van der Waals surface area (Å²) in [6, 6.07) is 0.163. The van der Waals surface area contributed by atoms with Gasteiger partial charge in [0.15, 0.2) is 0 Å². The third-order valence-corrected chi connectivity index (χ3v) is 4.14. The van der Waals surface area contributed by atoms with E-state index in [1.807, 2.05) is 0 Å². The molecule has 0 aromatic heterocycles. The van der Waals surface area contributed by atoms with Gasteiger partial charge < -0.3 is 16.0 Å². The first kappa shape index (κ1) is 12.7. The Hall–Kier alpha value is -0.770. The Kier molecular flexibility index (Phi) is 4.26. The molecule has 2 fully saturated rings. The summed E-state index contributed by atoms with van der Waals surface area (Å²) in [7, 11) is 0. The van der Waals surface area contributed by atoms with Crippen molar-refractivity contribution in [3.8, 4) is 0 Å². The smallest absolute Gasteiger partial charge is 0.314 e. The van der Waals surface area contributed by atoms with Crippen LogP contribution in [-0.4, -0.2) is 36.6 Å². The second-order valence-electron chi connectivity index (χ2n) is 5.84. The summed E-state index contributed by atoms with van der Waals surface area (Å²) in [6.45, 7) is 4.91. The van der Waals surface area contributed by atoms with E-state index < -0.39 is 0 Å². The number of hydrogen-bond acceptors (Lipinski definition) is 2. The molecule has 0 radical (unpaired) electrons. The normalized spacial score (nSPS) is 30.8. The van der Waals surface area contributed by atoms with Crippen LogP contribution in [0.1, 0.15) is 39.0 Å². The molecule has 0 aromatic carbocycles. The van der Waals surface area contributed by atoms with Crippen molar-refractivity contribution in [2.45, 2.75) is 45.1 Å². The lowest BCUT2D eigenvalue weighted by Crippen LogP contribution is -2.52. The summed E-state index contributed by atoms with van der Waals surface area (Å²) >= 11 is 0. The fourth-order valence-corrected chi connectivity index (χ4v) is 3.23. The number of likely N-dealkylation sites (tertiary alicyclic amines) is 1. The predicted molar refractivity (Wildman–Crippen MR) is 68.7 cm³/mol. The molecule has 4 heteroatoms. The highest BCUT2D eigenvalue weighted by atomic mass is 16.2. The van der Waals surface area contributed by atoms with Gasteiger partial charge in [-0.05, 0) is 37.6 Å². The van der Waals surface area contributed by atoms with Gasteiger partial charge in [-0.15, -0.1) is 0 Å². The van der Waals surface area contributed by atoms with Gasteiger partial charge in [0, 0.05) is 19.1 Å². The monoisotopic (exact) mass is 239 g/mol. The first-order valence-electron chi connectivity index (χ1n) is 6.93. The van der Waals surface area contributed by atoms with Crippen LogP contribution in [0.3, 0.4) is 0 Å². The highest BCUT2D eigenvalue weighted by Crippen LogP contribution is 2.24. The van der Waals surface area contributed by atoms with Crippen molar-refractivity contribution in [2.75, 3.05) is 19.6 Å². The molecule has 2 atom stereocenters. The zero-order valence-electron chi connectivity index (χ0n) is 10.8. The Morgan fingerprint density at radius 3 is 2.71 bits per heavy atom. The molecule has 1 heterocycles. The number of urea groups is 1. The first-order valence-corrected chi connectivity index (χ1v) is 6.93. The van der Waals surface area contributed by atoms with E-state index in [2.05, 4.69) is 12.2 Å². The zero-order valence-corrected chi connectivity index (χ0v) is 10.8. The van der Waals surface area contributed by atoms with Crippen molar-refractivity contribution in [1.82, 2.24) is 10.2 Å². The van der Waals surface area contributed by atoms with Crippen LogP contribution in [0.5, 0.6) is 0 Å². The highest BCUT2D eigenvalue weighted by Gasteiger charge is 2.27. The molecule has 3 N–H and O–H groups in total. The van der Waals surface area contributed by atoms with Gasteiger partial charge in [0.2, 0.25) is 0 Å². The Balaban J connectivity index is 1.77. The number of nitrogens with zero attached hydrogens (tertiary/aromatic N) is 1. The second-order valence-corrected chi connectivity index (χ2v) is 5.84. The molecule has 0 aromatic rings. The fraction of sp³-hybridized carbons (Fsp3) is 0.923. The van der Waals surface area contributed by atoms with Crippen LogP contribution in [0.15, 0.2) is 0 Å². The molecular formula is C13H25N3O. The predicted octanol–water partition coefficient (Wildman–Crippen LogP) is 1.56. The Bertz CT molecular complexity index is 263. The van der Waals surface area contributed by atoms with Gasteiger partial charge >= 0.3 is 6.03 Å². The number of rotatable bonds is 3. The second kappa shape index (κ2) is 5.71. The third kappa shape index (κ3) is 3.60. The van der Waals surface area contributed by atoms with Gasteiger partial charge in [-0.1, -0.05) is 19.8 Å². The van der Waals surface area contributed by atoms with E-state index >= 15 is 0 Å². The summed E-state index contributed by atoms with van der Waals surface area (Å²) in [5.41, 5.74) is 5.37. The number of nitrogens with two attached hydrogens (primary N) is 1. The van der Waals surface area contributed by atoms with Gasteiger partial charge in [-0.3, -0.25) is 0 Å². The lowest BCUT2D eigenvalue weighted by Gasteiger charge is -2.36. The standard InChI is InChI=1S/C13H25N3O/c1-10-6-12(9-16(8-10)13(14)17)15-7-11-4-2-3-5-11/h10-12,15H,2-9H2,1H3,(H2,14,17). The van der Waals surface area contributed by atoms with Crippen LogP contribution in [-0.2, 0) is 0 Å². The number of hydrogen-bond donors (Lipinski definition) is 2. The molecule has 98 valence electrons. The van der Waals surface area contributed by atoms with E-state index in [-0.39, 0.29) is 6.03 Å². The number of primary amides is 1. The quantitative estimate of drug-likeness (QED) is 0.785. The minimum Gasteiger partial charge on any atom is -0.351 e. The Morgan fingerprint density at radius 2 is 2.06 bits per heavy atom. The summed E-state index contributed by atoms with van der Waals surface area (Å²) in [4.78, 5) is 13.0. The Morgan fingerprint density at radius 1 is 1.35 bits per heavy atom. The van der Waals surface area contributed by atoms with Crippen LogP contribution >= 0.6 is 0 Å². The van der Waals surface area contributed by atoms with E-state index in [0.717, 1.165) is 32.0 Å². The van der Waals surface area contributed by atoms with Crippen molar-refractivity contribution >= 4 is 6.03 Å². The molecule has 2 unspecified atom stereocenters. The molecule has 1 saturated carbocycles. The van der Waals surface area contributed by atoms with E-state index in [9.17, 15) is 4.79 Å². The van der Waals surface area contributed by atoms with Crippen LogP contribution in [0.25, 0.3) is 0 Å². The molecule has 1 saturated heterocycles. The molecule has 2 rings (SSSR count). The maximum atomic E-state index is 11.2. The lowest BCUT2D eigenvalue weighted by molar-refractivity contribution is 0.156. The van der Waals surface area contributed by atoms with Gasteiger partial charge in [0.05, 0.1) is 0 Å². The summed E-state index contributed by atoms with van der Waals surface area (Å²) in [5.74, 6) is 1.41. The number of carbonyl (C=O) groups is 1. The number of nitrogens with one attached hydrogen (secondary N) is 1. The highest BCUT2D eigenvalue weighted by molar-refractivity contribution is 5.72. The van der Waals surface area contributed by atoms with E-state index in [1.165, 1.54) is 25.7 Å². The zero-order chi connectivity index (χ0) is 12.3. The maximum Gasteiger partial charge on any atom is 0.314 e. The van der Waals surface area contributed by atoms with E-state index in [1.54, 1.807) is 4.90 Å². The van der Waals surface area contributed by atoms with Gasteiger partial charge in [0.1, 0.15) is 0 Å². The lowest BCUT2D eigenvalue weighted by atomic mass is 9.95. The van der Waals surface area contributed by atoms with Gasteiger partial charge in [0.25, 0.3) is 0 Å². The van der Waals surface area contributed by atoms with Gasteiger partial charge in [-0.2, -0.15) is 0 Å². The van der Waals surface area contributed by atoms with Gasteiger partial charge in [-0.25, -0.2) is 4.79 Å². The maximum absolute atomic E-state index is 11.2. The number of amides is 2. The van der Waals surface area contributed by atoms with Crippen LogP contribution in [0.4, 0.5) is 4.79 Å². The minimum absolute atomic E-state index is 0.274. The van der Waals surface area contributed by atoms with Crippen LogP contribution in [0, 0.1) is 11.8 Å². The van der Waals surface area contributed by atoms with Crippen molar-refractivity contribution < 1.29 is 4.79 Å². The third-order valence-electron chi connectivity index (χ3n) is 4.14. The number of carbonyl (C=O) groups excluding carboxylic acids is 1. The summed E-state index contributed by atoms with van der Waals surface area (Å²) in [5, 5.41) is 3.63. The molecule has 0 bridgehead atoms. The Labute approximate surface area is 104 Å². The largest absolute Gasteiger partial charge is 0.351 e. The van der Waals surface area contributed by atoms with E-state index in [0.29, 0.717) is 12.0 Å². The molecule has 17 heavy (non-hydrogen) atoms. The molecule has 0 spiro atoms. The molecule has 1 aliphatic carbocycles. The number of piperidine rings is 1. The SMILES string of the molecule is CC1CC(NCC2CCCC2)CN(C(N)=O)C1. The fourth-order valence-electron chi connectivity index (χ4n) is 3.23. The molecule has 4 nitrogen and oxygen atoms in total. The molecule has 1 aliphatic heterocycles. The minimum atomic E-state index is -0.274. The van der Waals surface area contributed by atoms with Crippen LogP contribution in [0.2, 0.25) is 0 Å². The molecule has 2 aliphatic rings. The summed E-state index contributed by atoms with van der Waals surface area (Å²) in [6.07, 6.45) is 6.68. The van der Waals surface area contributed by atoms with E-state index in [4.69, 9.17) is 5.73 Å². The average Bonchev–Trinajstić information content (AvgIpc) is 2.78. The van der Waals surface area contributed by atoms with Crippen LogP contribution < -0.4 is 11.1 Å².